The van der Waals surface area contributed by atoms with Crippen LogP contribution in [0.15, 0.2) is 65.5 Å². The number of carbonyl (C=O) groups excluding carboxylic acids is 1. The maximum absolute atomic E-state index is 13.6. The smallest absolute Gasteiger partial charge is 0.264 e. The number of fused-ring (bicyclic) bond motifs is 2. The zero-order valence-corrected chi connectivity index (χ0v) is 20.3. The van der Waals surface area contributed by atoms with Gasteiger partial charge in [-0.2, -0.15) is 5.10 Å². The van der Waals surface area contributed by atoms with Gasteiger partial charge >= 0.3 is 0 Å². The lowest BCUT2D eigenvalue weighted by Crippen LogP contribution is -2.34. The number of aryl methyl sites for hydroxylation is 1. The summed E-state index contributed by atoms with van der Waals surface area (Å²) in [6.45, 7) is 3.50. The van der Waals surface area contributed by atoms with Crippen molar-refractivity contribution >= 4 is 38.4 Å². The van der Waals surface area contributed by atoms with Crippen molar-refractivity contribution in [2.24, 2.45) is 0 Å². The lowest BCUT2D eigenvalue weighted by atomic mass is 10.2. The Hall–Kier alpha value is -3.82. The molecule has 5 rings (SSSR count). The van der Waals surface area contributed by atoms with Crippen molar-refractivity contribution in [1.29, 1.82) is 0 Å². The molecular weight excluding hydrogens is 462 g/mol. The molecule has 0 saturated heterocycles. The predicted octanol–water partition coefficient (Wildman–Crippen LogP) is 3.98. The van der Waals surface area contributed by atoms with Crippen LogP contribution < -0.4 is 5.56 Å². The van der Waals surface area contributed by atoms with Gasteiger partial charge in [0, 0.05) is 19.0 Å². The average Bonchev–Trinajstić information content (AvgIpc) is 3.43. The highest BCUT2D eigenvalue weighted by atomic mass is 32.1. The molecule has 0 radical (unpaired) electrons. The van der Waals surface area contributed by atoms with Crippen molar-refractivity contribution in [3.05, 3.63) is 93.0 Å². The van der Waals surface area contributed by atoms with E-state index in [9.17, 15) is 9.59 Å². The minimum absolute atomic E-state index is 0.135. The number of nitrogens with zero attached hydrogens (tertiary/aromatic N) is 4. The molecule has 0 atom stereocenters. The average molecular weight is 488 g/mol. The number of amides is 1. The number of methoxy groups -OCH3 is 1. The molecular formula is C26H25N5O3S. The third-order valence-electron chi connectivity index (χ3n) is 5.85. The second-order valence-corrected chi connectivity index (χ2v) is 9.34. The number of benzene rings is 2. The van der Waals surface area contributed by atoms with Gasteiger partial charge in [0.15, 0.2) is 0 Å². The lowest BCUT2D eigenvalue weighted by molar-refractivity contribution is 0.0680. The molecule has 0 bridgehead atoms. The Morgan fingerprint density at radius 2 is 1.89 bits per heavy atom. The fourth-order valence-corrected chi connectivity index (χ4v) is 5.21. The Morgan fingerprint density at radius 3 is 2.69 bits per heavy atom. The second-order valence-electron chi connectivity index (χ2n) is 8.31. The van der Waals surface area contributed by atoms with Crippen LogP contribution >= 0.6 is 11.3 Å². The second kappa shape index (κ2) is 9.81. The van der Waals surface area contributed by atoms with Gasteiger partial charge in [0.2, 0.25) is 0 Å². The molecule has 0 unspecified atom stereocenters. The molecule has 0 aliphatic carbocycles. The highest BCUT2D eigenvalue weighted by Crippen LogP contribution is 2.30. The molecule has 1 amide bonds. The Morgan fingerprint density at radius 1 is 1.11 bits per heavy atom. The van der Waals surface area contributed by atoms with E-state index in [1.54, 1.807) is 30.2 Å². The van der Waals surface area contributed by atoms with Gasteiger partial charge in [0.1, 0.15) is 10.7 Å². The van der Waals surface area contributed by atoms with E-state index in [1.165, 1.54) is 11.3 Å². The van der Waals surface area contributed by atoms with E-state index in [1.807, 2.05) is 41.9 Å². The number of rotatable bonds is 8. The van der Waals surface area contributed by atoms with Crippen molar-refractivity contribution in [3.8, 4) is 0 Å². The zero-order valence-electron chi connectivity index (χ0n) is 19.5. The monoisotopic (exact) mass is 487 g/mol. The topological polar surface area (TPSA) is 93.1 Å². The summed E-state index contributed by atoms with van der Waals surface area (Å²) in [5.41, 5.74) is 2.41. The number of ether oxygens (including phenoxy) is 1. The van der Waals surface area contributed by atoms with Crippen molar-refractivity contribution in [2.45, 2.75) is 20.0 Å². The highest BCUT2D eigenvalue weighted by Gasteiger charge is 2.22. The Labute approximate surface area is 205 Å². The molecule has 0 fully saturated rings. The molecule has 3 heterocycles. The third-order valence-corrected chi connectivity index (χ3v) is 6.98. The first-order chi connectivity index (χ1) is 17.0. The van der Waals surface area contributed by atoms with Crippen molar-refractivity contribution < 1.29 is 9.53 Å². The van der Waals surface area contributed by atoms with Crippen LogP contribution in [0.25, 0.3) is 21.1 Å². The SMILES string of the molecule is COCCN(Cc1nc2ccccc2c(=O)[nH]1)C(=O)c1cc2c(C)nn(Cc3ccccc3)c2s1. The molecule has 3 aromatic heterocycles. The molecule has 2 aromatic carbocycles. The standard InChI is InChI=1S/C26H25N5O3S/c1-17-20-14-22(35-26(20)31(29-17)15-18-8-4-3-5-9-18)25(33)30(12-13-34-2)16-23-27-21-11-7-6-10-19(21)24(32)28-23/h3-11,14H,12-13,15-16H2,1-2H3,(H,27,28,32). The zero-order chi connectivity index (χ0) is 24.4. The van der Waals surface area contributed by atoms with Gasteiger partial charge in [-0.1, -0.05) is 42.5 Å². The fraction of sp³-hybridized carbons (Fsp3) is 0.231. The van der Waals surface area contributed by atoms with Gasteiger partial charge < -0.3 is 14.6 Å². The van der Waals surface area contributed by atoms with Crippen LogP contribution in [0.5, 0.6) is 0 Å². The van der Waals surface area contributed by atoms with E-state index in [0.29, 0.717) is 41.3 Å². The van der Waals surface area contributed by atoms with Crippen LogP contribution in [0.2, 0.25) is 0 Å². The van der Waals surface area contributed by atoms with E-state index in [-0.39, 0.29) is 18.0 Å². The van der Waals surface area contributed by atoms with E-state index >= 15 is 0 Å². The molecule has 35 heavy (non-hydrogen) atoms. The van der Waals surface area contributed by atoms with Crippen LogP contribution in [0.4, 0.5) is 0 Å². The summed E-state index contributed by atoms with van der Waals surface area (Å²) in [6, 6.07) is 19.2. The number of H-pyrrole nitrogens is 1. The van der Waals surface area contributed by atoms with Crippen LogP contribution in [0, 0.1) is 6.92 Å². The Kier molecular flexibility index (Phi) is 6.43. The van der Waals surface area contributed by atoms with Gasteiger partial charge in [0.25, 0.3) is 11.5 Å². The van der Waals surface area contributed by atoms with Crippen molar-refractivity contribution in [1.82, 2.24) is 24.6 Å². The third kappa shape index (κ3) is 4.73. The molecule has 0 spiro atoms. The van der Waals surface area contributed by atoms with Gasteiger partial charge in [-0.05, 0) is 30.7 Å². The maximum atomic E-state index is 13.6. The number of hydrogen-bond donors (Lipinski definition) is 1. The van der Waals surface area contributed by atoms with Crippen LogP contribution in [0.3, 0.4) is 0 Å². The Balaban J connectivity index is 1.45. The van der Waals surface area contributed by atoms with E-state index in [4.69, 9.17) is 4.74 Å². The summed E-state index contributed by atoms with van der Waals surface area (Å²) in [6.07, 6.45) is 0. The molecule has 5 aromatic rings. The summed E-state index contributed by atoms with van der Waals surface area (Å²) in [7, 11) is 1.60. The maximum Gasteiger partial charge on any atom is 0.264 e. The van der Waals surface area contributed by atoms with E-state index in [0.717, 1.165) is 21.5 Å². The number of nitrogens with one attached hydrogen (secondary N) is 1. The molecule has 1 N–H and O–H groups in total. The molecule has 0 saturated carbocycles. The van der Waals surface area contributed by atoms with E-state index < -0.39 is 0 Å². The molecule has 9 heteroatoms. The van der Waals surface area contributed by atoms with Crippen molar-refractivity contribution in [2.75, 3.05) is 20.3 Å². The minimum Gasteiger partial charge on any atom is -0.383 e. The van der Waals surface area contributed by atoms with Crippen LogP contribution in [0.1, 0.15) is 26.8 Å². The van der Waals surface area contributed by atoms with Gasteiger partial charge in [-0.15, -0.1) is 11.3 Å². The lowest BCUT2D eigenvalue weighted by Gasteiger charge is -2.21. The number of aromatic amines is 1. The first kappa shape index (κ1) is 22.9. The minimum atomic E-state index is -0.219. The summed E-state index contributed by atoms with van der Waals surface area (Å²) in [5, 5.41) is 6.17. The molecule has 8 nitrogen and oxygen atoms in total. The summed E-state index contributed by atoms with van der Waals surface area (Å²) >= 11 is 1.43. The van der Waals surface area contributed by atoms with E-state index in [2.05, 4.69) is 27.2 Å². The van der Waals surface area contributed by atoms with Gasteiger partial charge in [-0.25, -0.2) is 4.98 Å². The van der Waals surface area contributed by atoms with Gasteiger partial charge in [-0.3, -0.25) is 14.3 Å². The summed E-state index contributed by atoms with van der Waals surface area (Å²) < 4.78 is 7.19. The number of hydrogen-bond acceptors (Lipinski definition) is 6. The molecule has 0 aliphatic rings. The number of thiophene rings is 1. The molecule has 178 valence electrons. The Bertz CT molecular complexity index is 1550. The van der Waals surface area contributed by atoms with Crippen LogP contribution in [-0.4, -0.2) is 50.8 Å². The normalized spacial score (nSPS) is 11.4. The quantitative estimate of drug-likeness (QED) is 0.357. The largest absolute Gasteiger partial charge is 0.383 e. The van der Waals surface area contributed by atoms with Crippen LogP contribution in [-0.2, 0) is 17.8 Å². The van der Waals surface area contributed by atoms with Gasteiger partial charge in [0.05, 0.1) is 41.2 Å². The number of carbonyl (C=O) groups is 1. The number of aromatic nitrogens is 4. The first-order valence-corrected chi connectivity index (χ1v) is 12.1. The summed E-state index contributed by atoms with van der Waals surface area (Å²) in [5.74, 6) is 0.301. The number of para-hydroxylation sites is 1. The molecule has 0 aliphatic heterocycles. The predicted molar refractivity (Wildman–Crippen MR) is 137 cm³/mol. The van der Waals surface area contributed by atoms with Crippen molar-refractivity contribution in [3.63, 3.8) is 0 Å². The first-order valence-electron chi connectivity index (χ1n) is 11.3. The fourth-order valence-electron chi connectivity index (χ4n) is 4.08. The highest BCUT2D eigenvalue weighted by molar-refractivity contribution is 7.20. The summed E-state index contributed by atoms with van der Waals surface area (Å²) in [4.78, 5) is 36.7.